The van der Waals surface area contributed by atoms with Crippen molar-refractivity contribution in [2.75, 3.05) is 0 Å². The van der Waals surface area contributed by atoms with Crippen LogP contribution in [0.5, 0.6) is 5.75 Å². The molecular formula is C7H2F5IN2O3. The molecule has 0 atom stereocenters. The zero-order chi connectivity index (χ0) is 14.1. The fraction of sp³-hybridized carbons (Fsp3) is 0.286. The predicted molar refractivity (Wildman–Crippen MR) is 55.2 cm³/mol. The molecule has 0 fully saturated rings. The first-order valence-electron chi connectivity index (χ1n) is 4.00. The molecule has 0 amide bonds. The number of aromatic nitrogens is 1. The largest absolute Gasteiger partial charge is 0.573 e. The number of nitrogens with zero attached hydrogens (tertiary/aromatic N) is 2. The summed E-state index contributed by atoms with van der Waals surface area (Å²) in [6, 6.07) is 0. The molecule has 0 aliphatic rings. The highest BCUT2D eigenvalue weighted by Gasteiger charge is 2.37. The van der Waals surface area contributed by atoms with Crippen molar-refractivity contribution in [1.29, 1.82) is 0 Å². The summed E-state index contributed by atoms with van der Waals surface area (Å²) in [5.74, 6) is -1.35. The first-order valence-corrected chi connectivity index (χ1v) is 5.08. The van der Waals surface area contributed by atoms with Gasteiger partial charge in [-0.05, 0) is 22.6 Å². The molecule has 0 saturated heterocycles. The summed E-state index contributed by atoms with van der Waals surface area (Å²) in [4.78, 5) is 12.3. The van der Waals surface area contributed by atoms with Gasteiger partial charge in [-0.25, -0.2) is 13.8 Å². The first kappa shape index (κ1) is 14.8. The lowest BCUT2D eigenvalue weighted by Gasteiger charge is -2.13. The number of hydrogen-bond acceptors (Lipinski definition) is 4. The summed E-state index contributed by atoms with van der Waals surface area (Å²) in [6.07, 6.45) is -8.15. The maximum absolute atomic E-state index is 12.4. The summed E-state index contributed by atoms with van der Waals surface area (Å²) in [5.41, 5.74) is -2.15. The van der Waals surface area contributed by atoms with Gasteiger partial charge in [0.25, 0.3) is 6.43 Å². The van der Waals surface area contributed by atoms with E-state index < -0.39 is 38.4 Å². The molecule has 11 heteroatoms. The fourth-order valence-electron chi connectivity index (χ4n) is 0.970. The van der Waals surface area contributed by atoms with Gasteiger partial charge in [-0.3, -0.25) is 10.1 Å². The van der Waals surface area contributed by atoms with E-state index in [0.717, 1.165) is 22.6 Å². The molecule has 0 radical (unpaired) electrons. The molecule has 18 heavy (non-hydrogen) atoms. The van der Waals surface area contributed by atoms with Gasteiger partial charge in [-0.2, -0.15) is 0 Å². The fourth-order valence-corrected chi connectivity index (χ4v) is 1.69. The van der Waals surface area contributed by atoms with E-state index in [2.05, 4.69) is 9.72 Å². The van der Waals surface area contributed by atoms with Gasteiger partial charge in [-0.1, -0.05) is 0 Å². The Bertz CT molecular complexity index is 479. The Morgan fingerprint density at radius 1 is 1.44 bits per heavy atom. The van der Waals surface area contributed by atoms with E-state index in [4.69, 9.17) is 0 Å². The number of halogens is 6. The molecule has 0 N–H and O–H groups in total. The van der Waals surface area contributed by atoms with Crippen molar-refractivity contribution in [3.63, 3.8) is 0 Å². The lowest BCUT2D eigenvalue weighted by molar-refractivity contribution is -0.386. The molecule has 1 rings (SSSR count). The number of rotatable bonds is 3. The normalized spacial score (nSPS) is 11.7. The smallest absolute Gasteiger partial charge is 0.402 e. The molecule has 0 aliphatic heterocycles. The Morgan fingerprint density at radius 2 is 2.00 bits per heavy atom. The molecule has 5 nitrogen and oxygen atoms in total. The van der Waals surface area contributed by atoms with Gasteiger partial charge in [0.05, 0.1) is 4.92 Å². The maximum atomic E-state index is 12.4. The van der Waals surface area contributed by atoms with Gasteiger partial charge in [0.1, 0.15) is 9.77 Å². The van der Waals surface area contributed by atoms with E-state index in [1.165, 1.54) is 0 Å². The minimum Gasteiger partial charge on any atom is -0.402 e. The van der Waals surface area contributed by atoms with Crippen LogP contribution in [-0.2, 0) is 0 Å². The molecule has 0 spiro atoms. The van der Waals surface area contributed by atoms with Gasteiger partial charge in [0.2, 0.25) is 0 Å². The molecule has 100 valence electrons. The van der Waals surface area contributed by atoms with Gasteiger partial charge in [-0.15, -0.1) is 13.2 Å². The van der Waals surface area contributed by atoms with Crippen LogP contribution in [0.25, 0.3) is 0 Å². The van der Waals surface area contributed by atoms with Gasteiger partial charge in [0, 0.05) is 0 Å². The minimum absolute atomic E-state index is 0.451. The summed E-state index contributed by atoms with van der Waals surface area (Å²) < 4.78 is 63.6. The monoisotopic (exact) mass is 384 g/mol. The van der Waals surface area contributed by atoms with Crippen molar-refractivity contribution in [3.8, 4) is 5.75 Å². The standard InChI is InChI=1S/C7H2F5IN2O3/c8-6(9)4-5(18-7(10,11)12)3(13)2(1-14-4)15(16)17/h1,6H. The molecule has 0 saturated carbocycles. The Labute approximate surface area is 109 Å². The number of hydrogen-bond donors (Lipinski definition) is 0. The summed E-state index contributed by atoms with van der Waals surface area (Å²) in [5, 5.41) is 10.5. The Kier molecular flexibility index (Phi) is 4.24. The van der Waals surface area contributed by atoms with Crippen LogP contribution in [0.15, 0.2) is 6.20 Å². The second-order valence-corrected chi connectivity index (χ2v) is 3.86. The molecule has 0 aromatic carbocycles. The van der Waals surface area contributed by atoms with E-state index in [0.29, 0.717) is 6.20 Å². The van der Waals surface area contributed by atoms with Crippen LogP contribution in [0.2, 0.25) is 0 Å². The molecule has 0 unspecified atom stereocenters. The number of alkyl halides is 5. The maximum Gasteiger partial charge on any atom is 0.573 e. The highest BCUT2D eigenvalue weighted by Crippen LogP contribution is 2.38. The van der Waals surface area contributed by atoms with Crippen molar-refractivity contribution in [2.45, 2.75) is 12.8 Å². The van der Waals surface area contributed by atoms with E-state index >= 15 is 0 Å². The van der Waals surface area contributed by atoms with Crippen LogP contribution in [0.3, 0.4) is 0 Å². The van der Waals surface area contributed by atoms with Crippen LogP contribution in [0.4, 0.5) is 27.6 Å². The summed E-state index contributed by atoms with van der Waals surface area (Å²) in [7, 11) is 0. The average molecular weight is 384 g/mol. The van der Waals surface area contributed by atoms with Crippen LogP contribution in [0, 0.1) is 13.7 Å². The topological polar surface area (TPSA) is 65.3 Å². The predicted octanol–water partition coefficient (Wildman–Crippen LogP) is 3.43. The van der Waals surface area contributed by atoms with E-state index in [-0.39, 0.29) is 0 Å². The molecule has 1 aromatic rings. The third-order valence-corrected chi connectivity index (χ3v) is 2.65. The zero-order valence-corrected chi connectivity index (χ0v) is 10.2. The van der Waals surface area contributed by atoms with Crippen LogP contribution in [0.1, 0.15) is 12.1 Å². The average Bonchev–Trinajstić information content (AvgIpc) is 2.17. The second kappa shape index (κ2) is 5.16. The Morgan fingerprint density at radius 3 is 2.39 bits per heavy atom. The van der Waals surface area contributed by atoms with Crippen molar-refractivity contribution in [1.82, 2.24) is 4.98 Å². The highest BCUT2D eigenvalue weighted by atomic mass is 127. The lowest BCUT2D eigenvalue weighted by atomic mass is 10.3. The zero-order valence-electron chi connectivity index (χ0n) is 8.04. The summed E-state index contributed by atoms with van der Waals surface area (Å²) >= 11 is 1.12. The Balaban J connectivity index is 3.41. The third kappa shape index (κ3) is 3.36. The quantitative estimate of drug-likeness (QED) is 0.347. The molecule has 1 aromatic heterocycles. The van der Waals surface area contributed by atoms with Gasteiger partial charge < -0.3 is 4.74 Å². The molecular weight excluding hydrogens is 382 g/mol. The SMILES string of the molecule is O=[N+]([O-])c1cnc(C(F)F)c(OC(F)(F)F)c1I. The van der Waals surface area contributed by atoms with Crippen LogP contribution < -0.4 is 4.74 Å². The molecule has 1 heterocycles. The number of pyridine rings is 1. The van der Waals surface area contributed by atoms with Crippen LogP contribution >= 0.6 is 22.6 Å². The van der Waals surface area contributed by atoms with E-state index in [9.17, 15) is 32.1 Å². The van der Waals surface area contributed by atoms with Crippen molar-refractivity contribution in [2.24, 2.45) is 0 Å². The van der Waals surface area contributed by atoms with Crippen LogP contribution in [-0.4, -0.2) is 16.3 Å². The minimum atomic E-state index is -5.25. The third-order valence-electron chi connectivity index (χ3n) is 1.60. The number of ether oxygens (including phenoxy) is 1. The van der Waals surface area contributed by atoms with E-state index in [1.807, 2.05) is 0 Å². The van der Waals surface area contributed by atoms with Gasteiger partial charge >= 0.3 is 12.0 Å². The Hall–Kier alpha value is -1.27. The van der Waals surface area contributed by atoms with Crippen molar-refractivity contribution >= 4 is 28.3 Å². The lowest BCUT2D eigenvalue weighted by Crippen LogP contribution is -2.20. The molecule has 0 bridgehead atoms. The van der Waals surface area contributed by atoms with Crippen molar-refractivity contribution < 1.29 is 31.6 Å². The summed E-state index contributed by atoms with van der Waals surface area (Å²) in [6.45, 7) is 0. The van der Waals surface area contributed by atoms with Gasteiger partial charge in [0.15, 0.2) is 11.4 Å². The molecule has 0 aliphatic carbocycles. The number of nitro groups is 1. The van der Waals surface area contributed by atoms with Crippen molar-refractivity contribution in [3.05, 3.63) is 25.6 Å². The first-order chi connectivity index (χ1) is 8.13. The van der Waals surface area contributed by atoms with E-state index in [1.54, 1.807) is 0 Å². The highest BCUT2D eigenvalue weighted by molar-refractivity contribution is 14.1. The second-order valence-electron chi connectivity index (χ2n) is 2.78.